The van der Waals surface area contributed by atoms with Crippen molar-refractivity contribution in [2.45, 2.75) is 26.2 Å². The maximum Gasteiger partial charge on any atom is 0.153 e. The third-order valence-electron chi connectivity index (χ3n) is 4.67. The second-order valence-electron chi connectivity index (χ2n) is 7.29. The first kappa shape index (κ1) is 25.5. The quantitative estimate of drug-likeness (QED) is 0.124. The molecule has 0 saturated carbocycles. The Morgan fingerprint density at radius 3 is 1.71 bits per heavy atom. The van der Waals surface area contributed by atoms with E-state index >= 15 is 0 Å². The fourth-order valence-electron chi connectivity index (χ4n) is 2.90. The zero-order chi connectivity index (χ0) is 25.2. The van der Waals surface area contributed by atoms with Gasteiger partial charge in [-0.3, -0.25) is 0 Å². The molecule has 0 aromatic heterocycles. The van der Waals surface area contributed by atoms with E-state index in [1.165, 1.54) is 0 Å². The molecule has 35 heavy (non-hydrogen) atoms. The van der Waals surface area contributed by atoms with Crippen LogP contribution in [0, 0.1) is 58.8 Å². The molecular formula is C29H17F4NS. The first-order chi connectivity index (χ1) is 16.9. The summed E-state index contributed by atoms with van der Waals surface area (Å²) in [7, 11) is 0. The molecule has 0 bridgehead atoms. The summed E-state index contributed by atoms with van der Waals surface area (Å²) in [6.45, 7) is 2.11. The number of benzene rings is 3. The summed E-state index contributed by atoms with van der Waals surface area (Å²) in [6.07, 6.45) is 3.00. The van der Waals surface area contributed by atoms with Gasteiger partial charge in [0.25, 0.3) is 0 Å². The number of thiocarbonyl (C=S) groups is 1. The lowest BCUT2D eigenvalue weighted by Gasteiger charge is -2.00. The van der Waals surface area contributed by atoms with E-state index in [0.717, 1.165) is 49.1 Å². The minimum Gasteiger partial charge on any atom is -0.205 e. The van der Waals surface area contributed by atoms with E-state index < -0.39 is 34.5 Å². The monoisotopic (exact) mass is 487 g/mol. The van der Waals surface area contributed by atoms with Crippen molar-refractivity contribution in [1.82, 2.24) is 0 Å². The fraction of sp³-hybridized carbons (Fsp3) is 0.138. The van der Waals surface area contributed by atoms with Gasteiger partial charge in [-0.2, -0.15) is 4.99 Å². The lowest BCUT2D eigenvalue weighted by Crippen LogP contribution is -1.93. The van der Waals surface area contributed by atoms with Crippen molar-refractivity contribution in [2.24, 2.45) is 4.99 Å². The number of halogens is 4. The van der Waals surface area contributed by atoms with E-state index in [1.807, 2.05) is 17.3 Å². The molecule has 3 aromatic rings. The first-order valence-corrected chi connectivity index (χ1v) is 11.0. The molecule has 0 spiro atoms. The predicted octanol–water partition coefficient (Wildman–Crippen LogP) is 7.32. The topological polar surface area (TPSA) is 12.4 Å². The predicted molar refractivity (Wildman–Crippen MR) is 132 cm³/mol. The maximum atomic E-state index is 14.5. The van der Waals surface area contributed by atoms with Gasteiger partial charge in [-0.05, 0) is 67.2 Å². The smallest absolute Gasteiger partial charge is 0.153 e. The van der Waals surface area contributed by atoms with Crippen molar-refractivity contribution in [3.63, 3.8) is 0 Å². The fourth-order valence-corrected chi connectivity index (χ4v) is 2.99. The number of hydrogen-bond acceptors (Lipinski definition) is 2. The Bertz CT molecular complexity index is 1440. The molecule has 0 saturated heterocycles. The highest BCUT2D eigenvalue weighted by atomic mass is 32.1. The van der Waals surface area contributed by atoms with Gasteiger partial charge in [0.2, 0.25) is 0 Å². The van der Waals surface area contributed by atoms with Crippen LogP contribution in [0.4, 0.5) is 23.2 Å². The zero-order valence-corrected chi connectivity index (χ0v) is 19.4. The van der Waals surface area contributed by atoms with E-state index in [2.05, 4.69) is 59.7 Å². The molecular weight excluding hydrogens is 470 g/mol. The second-order valence-corrected chi connectivity index (χ2v) is 7.47. The first-order valence-electron chi connectivity index (χ1n) is 10.6. The van der Waals surface area contributed by atoms with Crippen LogP contribution in [0.25, 0.3) is 0 Å². The van der Waals surface area contributed by atoms with Crippen LogP contribution >= 0.6 is 12.2 Å². The van der Waals surface area contributed by atoms with Gasteiger partial charge in [-0.25, -0.2) is 17.6 Å². The number of unbranched alkanes of at least 4 members (excludes halogenated alkanes) is 2. The number of hydrogen-bond donors (Lipinski definition) is 0. The van der Waals surface area contributed by atoms with Crippen molar-refractivity contribution in [3.05, 3.63) is 99.6 Å². The highest BCUT2D eigenvalue weighted by molar-refractivity contribution is 7.78. The summed E-state index contributed by atoms with van der Waals surface area (Å²) in [5.74, 6) is 12.5. The molecule has 0 aliphatic heterocycles. The third kappa shape index (κ3) is 7.17. The molecule has 3 aromatic carbocycles. The minimum absolute atomic E-state index is 0.119. The molecule has 0 heterocycles. The Kier molecular flexibility index (Phi) is 9.00. The molecule has 6 heteroatoms. The minimum atomic E-state index is -1.02. The van der Waals surface area contributed by atoms with E-state index in [1.54, 1.807) is 12.1 Å². The van der Waals surface area contributed by atoms with Gasteiger partial charge >= 0.3 is 0 Å². The van der Waals surface area contributed by atoms with Gasteiger partial charge in [0.1, 0.15) is 17.3 Å². The lowest BCUT2D eigenvalue weighted by atomic mass is 10.1. The van der Waals surface area contributed by atoms with Gasteiger partial charge in [0.15, 0.2) is 11.6 Å². The summed E-state index contributed by atoms with van der Waals surface area (Å²) in [5.41, 5.74) is 0.383. The van der Waals surface area contributed by atoms with Crippen molar-refractivity contribution < 1.29 is 17.6 Å². The lowest BCUT2D eigenvalue weighted by molar-refractivity contribution is 0.577. The third-order valence-corrected chi connectivity index (χ3v) is 4.76. The van der Waals surface area contributed by atoms with Crippen molar-refractivity contribution in [3.8, 4) is 35.5 Å². The van der Waals surface area contributed by atoms with Crippen LogP contribution in [0.3, 0.4) is 0 Å². The van der Waals surface area contributed by atoms with Crippen molar-refractivity contribution in [2.75, 3.05) is 0 Å². The molecule has 0 N–H and O–H groups in total. The van der Waals surface area contributed by atoms with Crippen LogP contribution in [0.2, 0.25) is 0 Å². The second kappa shape index (κ2) is 12.4. The van der Waals surface area contributed by atoms with Gasteiger partial charge in [-0.1, -0.05) is 48.9 Å². The molecule has 0 atom stereocenters. The van der Waals surface area contributed by atoms with Gasteiger partial charge in [0.05, 0.1) is 10.7 Å². The average Bonchev–Trinajstić information content (AvgIpc) is 2.83. The van der Waals surface area contributed by atoms with Crippen LogP contribution in [-0.4, -0.2) is 5.16 Å². The van der Waals surface area contributed by atoms with Gasteiger partial charge < -0.3 is 0 Å². The molecule has 0 unspecified atom stereocenters. The van der Waals surface area contributed by atoms with E-state index in [9.17, 15) is 17.6 Å². The van der Waals surface area contributed by atoms with Crippen molar-refractivity contribution >= 4 is 23.1 Å². The largest absolute Gasteiger partial charge is 0.205 e. The molecule has 0 radical (unpaired) electrons. The summed E-state index contributed by atoms with van der Waals surface area (Å²) in [5, 5.41) is 1.87. The number of rotatable bonds is 3. The molecule has 0 amide bonds. The number of isothiocyanates is 1. The van der Waals surface area contributed by atoms with Crippen LogP contribution in [0.5, 0.6) is 0 Å². The standard InChI is InChI=1S/C29H17F4NS/c1-2-3-4-5-6-20-7-9-21(10-8-20)11-12-22-15-25(30)24(26(31)16-22)14-13-23-17-27(32)29(34-19-35)28(33)18-23/h7-10,15-18H,2-4H2,1H3. The summed E-state index contributed by atoms with van der Waals surface area (Å²) in [4.78, 5) is 3.29. The van der Waals surface area contributed by atoms with Crippen LogP contribution in [-0.2, 0) is 0 Å². The number of nitrogens with zero attached hydrogens (tertiary/aromatic N) is 1. The molecule has 172 valence electrons. The molecule has 0 fully saturated rings. The van der Waals surface area contributed by atoms with E-state index in [0.29, 0.717) is 5.56 Å². The Balaban J connectivity index is 1.79. The van der Waals surface area contributed by atoms with Gasteiger partial charge in [0, 0.05) is 28.7 Å². The van der Waals surface area contributed by atoms with Crippen LogP contribution in [0.1, 0.15) is 54.0 Å². The van der Waals surface area contributed by atoms with Crippen LogP contribution < -0.4 is 0 Å². The molecule has 1 nitrogen and oxygen atoms in total. The van der Waals surface area contributed by atoms with E-state index in [-0.39, 0.29) is 11.1 Å². The van der Waals surface area contributed by atoms with Gasteiger partial charge in [-0.15, -0.1) is 0 Å². The Labute approximate surface area is 206 Å². The average molecular weight is 488 g/mol. The zero-order valence-electron chi connectivity index (χ0n) is 18.6. The molecule has 0 aliphatic carbocycles. The number of aliphatic imine (C=N–C) groups is 1. The van der Waals surface area contributed by atoms with Crippen LogP contribution in [0.15, 0.2) is 53.5 Å². The van der Waals surface area contributed by atoms with E-state index in [4.69, 9.17) is 0 Å². The maximum absolute atomic E-state index is 14.5. The Morgan fingerprint density at radius 1 is 0.686 bits per heavy atom. The summed E-state index contributed by atoms with van der Waals surface area (Å²) >= 11 is 4.34. The Hall–Kier alpha value is -4.14. The summed E-state index contributed by atoms with van der Waals surface area (Å²) in [6, 6.07) is 11.1. The Morgan fingerprint density at radius 2 is 1.17 bits per heavy atom. The normalized spacial score (nSPS) is 9.51. The van der Waals surface area contributed by atoms with Crippen molar-refractivity contribution in [1.29, 1.82) is 0 Å². The highest BCUT2D eigenvalue weighted by Gasteiger charge is 2.11. The SMILES string of the molecule is CCCCC#Cc1ccc(C#Cc2cc(F)c(C#Cc3cc(F)c(N=C=S)c(F)c3)c(F)c2)cc1. The molecule has 3 rings (SSSR count). The highest BCUT2D eigenvalue weighted by Crippen LogP contribution is 2.23. The molecule has 0 aliphatic rings. The summed E-state index contributed by atoms with van der Waals surface area (Å²) < 4.78 is 56.8.